The summed E-state index contributed by atoms with van der Waals surface area (Å²) in [5, 5.41) is 12.5. The van der Waals surface area contributed by atoms with Crippen molar-refractivity contribution in [3.8, 4) is 22.9 Å². The lowest BCUT2D eigenvalue weighted by atomic mass is 9.99. The molecule has 0 radical (unpaired) electrons. The Bertz CT molecular complexity index is 1090. The maximum absolute atomic E-state index is 9.31. The molecule has 0 aliphatic rings. The van der Waals surface area contributed by atoms with Crippen LogP contribution in [-0.4, -0.2) is 27.4 Å². The van der Waals surface area contributed by atoms with E-state index in [9.17, 15) is 5.26 Å². The van der Waals surface area contributed by atoms with Crippen LogP contribution < -0.4 is 15.8 Å². The molecule has 0 bridgehead atoms. The quantitative estimate of drug-likeness (QED) is 0.271. The van der Waals surface area contributed by atoms with Crippen molar-refractivity contribution in [2.45, 2.75) is 26.7 Å². The highest BCUT2D eigenvalue weighted by molar-refractivity contribution is 9.10. The van der Waals surface area contributed by atoms with Crippen LogP contribution in [0.3, 0.4) is 0 Å². The zero-order chi connectivity index (χ0) is 24.4. The van der Waals surface area contributed by atoms with Crippen LogP contribution in [0.5, 0.6) is 5.75 Å². The third-order valence-corrected chi connectivity index (χ3v) is 6.03. The molecule has 33 heavy (non-hydrogen) atoms. The summed E-state index contributed by atoms with van der Waals surface area (Å²) >= 11 is 3.54. The fraction of sp³-hybridized carbons (Fsp3) is 0.296. The molecule has 0 amide bonds. The maximum atomic E-state index is 9.31. The summed E-state index contributed by atoms with van der Waals surface area (Å²) in [5.41, 5.74) is 12.4. The van der Waals surface area contributed by atoms with Gasteiger partial charge in [-0.25, -0.2) is 0 Å². The first-order valence-electron chi connectivity index (χ1n) is 10.8. The highest BCUT2D eigenvalue weighted by Crippen LogP contribution is 2.44. The number of hydrogen-bond donors (Lipinski definition) is 2. The van der Waals surface area contributed by atoms with E-state index in [0.29, 0.717) is 41.8 Å². The lowest BCUT2D eigenvalue weighted by Gasteiger charge is -2.18. The number of nitrogens with zero attached hydrogens (tertiary/aromatic N) is 1. The second-order valence-corrected chi connectivity index (χ2v) is 8.66. The van der Waals surface area contributed by atoms with Gasteiger partial charge in [0.05, 0.1) is 35.5 Å². The number of nitrogen functional groups attached to an aromatic ring is 1. The molecule has 0 unspecified atom stereocenters. The second-order valence-electron chi connectivity index (χ2n) is 7.87. The Labute approximate surface area is 205 Å². The molecular weight excluding hydrogens is 478 g/mol. The average Bonchev–Trinajstić information content (AvgIpc) is 2.82. The van der Waals surface area contributed by atoms with Gasteiger partial charge in [-0.3, -0.25) is 0 Å². The molecular formula is C27H32BrN3O2. The number of halogens is 1. The van der Waals surface area contributed by atoms with Gasteiger partial charge in [0, 0.05) is 24.8 Å². The van der Waals surface area contributed by atoms with Gasteiger partial charge in [0.25, 0.3) is 0 Å². The highest BCUT2D eigenvalue weighted by atomic mass is 79.9. The summed E-state index contributed by atoms with van der Waals surface area (Å²) in [6.45, 7) is 7.70. The summed E-state index contributed by atoms with van der Waals surface area (Å²) in [6, 6.07) is 20.2. The molecule has 0 aliphatic heterocycles. The van der Waals surface area contributed by atoms with E-state index < -0.39 is 0 Å². The summed E-state index contributed by atoms with van der Waals surface area (Å²) in [7, 11) is 3.23. The number of anilines is 2. The SMILES string of the molecule is COCCNc1c(OC)cc(-c2ccccc2C#N)c(Br)c1N.Cc1ccc(C(C)C)cc1. The van der Waals surface area contributed by atoms with Gasteiger partial charge in [0.1, 0.15) is 11.4 Å². The monoisotopic (exact) mass is 509 g/mol. The molecule has 3 aromatic carbocycles. The minimum atomic E-state index is 0.531. The zero-order valence-electron chi connectivity index (χ0n) is 19.9. The number of methoxy groups -OCH3 is 2. The van der Waals surface area contributed by atoms with Crippen molar-refractivity contribution in [1.82, 2.24) is 0 Å². The summed E-state index contributed by atoms with van der Waals surface area (Å²) in [4.78, 5) is 0. The molecule has 5 nitrogen and oxygen atoms in total. The minimum absolute atomic E-state index is 0.531. The van der Waals surface area contributed by atoms with E-state index in [4.69, 9.17) is 15.2 Å². The van der Waals surface area contributed by atoms with Crippen LogP contribution in [0.2, 0.25) is 0 Å². The molecule has 174 valence electrons. The van der Waals surface area contributed by atoms with E-state index in [1.54, 1.807) is 20.3 Å². The predicted octanol–water partition coefficient (Wildman–Crippen LogP) is 6.76. The topological polar surface area (TPSA) is 80.3 Å². The second kappa shape index (κ2) is 12.9. The van der Waals surface area contributed by atoms with Gasteiger partial charge in [0.2, 0.25) is 0 Å². The zero-order valence-corrected chi connectivity index (χ0v) is 21.5. The van der Waals surface area contributed by atoms with Gasteiger partial charge < -0.3 is 20.5 Å². The largest absolute Gasteiger partial charge is 0.494 e. The van der Waals surface area contributed by atoms with Crippen molar-refractivity contribution >= 4 is 27.3 Å². The Kier molecular flexibility index (Phi) is 10.2. The van der Waals surface area contributed by atoms with Crippen LogP contribution in [-0.2, 0) is 4.74 Å². The Balaban J connectivity index is 0.000000321. The first kappa shape index (κ1) is 26.2. The Hall–Kier alpha value is -3.01. The summed E-state index contributed by atoms with van der Waals surface area (Å²) in [6.07, 6.45) is 0. The molecule has 0 atom stereocenters. The van der Waals surface area contributed by atoms with E-state index in [1.807, 2.05) is 24.3 Å². The molecule has 6 heteroatoms. The van der Waals surface area contributed by atoms with Crippen molar-refractivity contribution in [2.75, 3.05) is 38.4 Å². The number of nitriles is 1. The number of rotatable bonds is 7. The third kappa shape index (κ3) is 6.98. The molecule has 0 spiro atoms. The van der Waals surface area contributed by atoms with E-state index in [-0.39, 0.29) is 0 Å². The lowest BCUT2D eigenvalue weighted by molar-refractivity contribution is 0.210. The first-order valence-corrected chi connectivity index (χ1v) is 11.6. The number of ether oxygens (including phenoxy) is 2. The fourth-order valence-corrected chi connectivity index (χ4v) is 3.76. The molecule has 0 aliphatic carbocycles. The van der Waals surface area contributed by atoms with Gasteiger partial charge in [-0.1, -0.05) is 61.9 Å². The lowest BCUT2D eigenvalue weighted by Crippen LogP contribution is -2.11. The molecule has 0 saturated carbocycles. The van der Waals surface area contributed by atoms with Gasteiger partial charge in [-0.05, 0) is 46.5 Å². The fourth-order valence-electron chi connectivity index (χ4n) is 3.24. The van der Waals surface area contributed by atoms with Crippen molar-refractivity contribution in [3.05, 3.63) is 75.8 Å². The van der Waals surface area contributed by atoms with Crippen LogP contribution in [0.1, 0.15) is 36.5 Å². The van der Waals surface area contributed by atoms with Gasteiger partial charge >= 0.3 is 0 Å². The molecule has 0 aromatic heterocycles. The van der Waals surface area contributed by atoms with Crippen LogP contribution in [0.4, 0.5) is 11.4 Å². The van der Waals surface area contributed by atoms with Gasteiger partial charge in [-0.15, -0.1) is 0 Å². The molecule has 0 heterocycles. The Morgan fingerprint density at radius 2 is 1.73 bits per heavy atom. The summed E-state index contributed by atoms with van der Waals surface area (Å²) in [5.74, 6) is 1.27. The van der Waals surface area contributed by atoms with Crippen molar-refractivity contribution < 1.29 is 9.47 Å². The smallest absolute Gasteiger partial charge is 0.144 e. The number of benzene rings is 3. The molecule has 0 fully saturated rings. The van der Waals surface area contributed by atoms with Crippen molar-refractivity contribution in [3.63, 3.8) is 0 Å². The van der Waals surface area contributed by atoms with Crippen molar-refractivity contribution in [2.24, 2.45) is 0 Å². The van der Waals surface area contributed by atoms with E-state index in [0.717, 1.165) is 15.6 Å². The summed E-state index contributed by atoms with van der Waals surface area (Å²) < 4.78 is 11.2. The third-order valence-electron chi connectivity index (χ3n) is 5.17. The van der Waals surface area contributed by atoms with Gasteiger partial charge in [-0.2, -0.15) is 5.26 Å². The average molecular weight is 510 g/mol. The normalized spacial score (nSPS) is 10.2. The van der Waals surface area contributed by atoms with E-state index in [1.165, 1.54) is 11.1 Å². The molecule has 0 saturated heterocycles. The Morgan fingerprint density at radius 1 is 1.06 bits per heavy atom. The number of nitrogens with two attached hydrogens (primary N) is 1. The highest BCUT2D eigenvalue weighted by Gasteiger charge is 2.17. The molecule has 3 rings (SSSR count). The number of aryl methyl sites for hydroxylation is 1. The molecule has 3 aromatic rings. The number of hydrogen-bond acceptors (Lipinski definition) is 5. The van der Waals surface area contributed by atoms with Crippen molar-refractivity contribution in [1.29, 1.82) is 5.26 Å². The van der Waals surface area contributed by atoms with Crippen LogP contribution in [0, 0.1) is 18.3 Å². The van der Waals surface area contributed by atoms with Crippen LogP contribution in [0.15, 0.2) is 59.1 Å². The first-order chi connectivity index (χ1) is 15.8. The van der Waals surface area contributed by atoms with E-state index >= 15 is 0 Å². The van der Waals surface area contributed by atoms with Gasteiger partial charge in [0.15, 0.2) is 0 Å². The Morgan fingerprint density at radius 3 is 2.30 bits per heavy atom. The minimum Gasteiger partial charge on any atom is -0.494 e. The molecule has 3 N–H and O–H groups in total. The standard InChI is InChI=1S/C17H18BrN3O2.C10H14/c1-22-8-7-21-17-14(23-2)9-13(15(18)16(17)20)12-6-4-3-5-11(12)10-19;1-8(2)10-6-4-9(3)5-7-10/h3-6,9,21H,7-8,20H2,1-2H3;4-8H,1-3H3. The predicted molar refractivity (Wildman–Crippen MR) is 141 cm³/mol. The van der Waals surface area contributed by atoms with Crippen LogP contribution in [0.25, 0.3) is 11.1 Å². The van der Waals surface area contributed by atoms with Crippen LogP contribution >= 0.6 is 15.9 Å². The van der Waals surface area contributed by atoms with E-state index in [2.05, 4.69) is 72.4 Å². The number of nitrogens with one attached hydrogen (secondary N) is 1. The maximum Gasteiger partial charge on any atom is 0.144 e.